The van der Waals surface area contributed by atoms with Gasteiger partial charge in [0.15, 0.2) is 0 Å². The highest BCUT2D eigenvalue weighted by Crippen LogP contribution is 2.55. The molecule has 2 bridgehead atoms. The fourth-order valence-corrected chi connectivity index (χ4v) is 13.6. The fraction of sp³-hybridized carbons (Fsp3) is 0.642. The van der Waals surface area contributed by atoms with Gasteiger partial charge in [-0.1, -0.05) is 115 Å². The zero-order valence-corrected chi connectivity index (χ0v) is 54.6. The number of ether oxygens (including phenoxy) is 3. The third-order valence-electron chi connectivity index (χ3n) is 18.6. The summed E-state index contributed by atoms with van der Waals surface area (Å²) in [6.07, 6.45) is 5.56. The number of nitrogens with one attached hydrogen (secondary N) is 5. The van der Waals surface area contributed by atoms with Crippen molar-refractivity contribution in [3.8, 4) is 0 Å². The van der Waals surface area contributed by atoms with Crippen LogP contribution in [0.2, 0.25) is 0 Å². The summed E-state index contributed by atoms with van der Waals surface area (Å²) in [4.78, 5) is 140. The van der Waals surface area contributed by atoms with E-state index in [4.69, 9.17) is 14.2 Å². The number of likely N-dealkylation sites (tertiary alicyclic amines) is 2. The quantitative estimate of drug-likeness (QED) is 0.0311. The molecule has 5 N–H and O–H groups in total. The first-order valence-corrected chi connectivity index (χ1v) is 31.9. The minimum atomic E-state index is -1.02. The van der Waals surface area contributed by atoms with Gasteiger partial charge in [0, 0.05) is 59.6 Å². The highest BCUT2D eigenvalue weighted by Gasteiger charge is 2.60. The lowest BCUT2D eigenvalue weighted by Crippen LogP contribution is -2.56. The van der Waals surface area contributed by atoms with E-state index in [2.05, 4.69) is 32.7 Å². The van der Waals surface area contributed by atoms with Crippen LogP contribution in [0.25, 0.3) is 0 Å². The number of imide groups is 1. The summed E-state index contributed by atoms with van der Waals surface area (Å²) < 4.78 is 17.6. The van der Waals surface area contributed by atoms with Crippen LogP contribution in [0.1, 0.15) is 131 Å². The van der Waals surface area contributed by atoms with Crippen molar-refractivity contribution >= 4 is 64.9 Å². The number of benzene rings is 2. The third kappa shape index (κ3) is 18.3. The van der Waals surface area contributed by atoms with E-state index in [0.717, 1.165) is 18.4 Å². The molecule has 0 spiro atoms. The van der Waals surface area contributed by atoms with Gasteiger partial charge in [-0.15, -0.1) is 0 Å². The van der Waals surface area contributed by atoms with Gasteiger partial charge in [0.2, 0.25) is 53.2 Å². The predicted octanol–water partition coefficient (Wildman–Crippen LogP) is 6.02. The number of rotatable bonds is 33. The number of allylic oxidation sites excluding steroid dienone is 2. The number of methoxy groups -OCH3 is 2. The number of carbonyl (C=O) groups excluding carboxylic acids is 10. The standard InChI is InChI=1S/C67H99N9O13/c1-14-41(6)60(51(87-12)35-54(79)75-31-21-24-50(75)61(88-13)44(9)62(81)70-43(8)33-45-22-17-15-18-23-45)73(10)55(80)37-69-64(83)59(40(4)5)74(11)67(86)89-38-46-26-28-48(29-27-46)71-53(78)36-68-63(82)58(39(2)3)72-52(77)25-19-16-20-30-76-65(84)56-47-32-42(7)49(34-47)57(56)66(76)85/h15,17-18,22-23,26-29,32,39-41,43-44,47,49-51,56-61H,14,16,19-21,24-25,30-31,33-38H2,1-13H3,(H,68,82)(H,69,83)(H,70,81)(H,71,78)(H,72,77)/t41-,43+,44+,47?,49?,50-,51+,56?,57?,58?,59?,60-,61+/m0/s1. The molecule has 2 aliphatic heterocycles. The minimum Gasteiger partial charge on any atom is -0.445 e. The third-order valence-corrected chi connectivity index (χ3v) is 18.6. The van der Waals surface area contributed by atoms with Gasteiger partial charge in [-0.05, 0) is 105 Å². The first-order chi connectivity index (χ1) is 42.3. The van der Waals surface area contributed by atoms with Crippen molar-refractivity contribution in [1.29, 1.82) is 0 Å². The van der Waals surface area contributed by atoms with Gasteiger partial charge in [-0.3, -0.25) is 53.0 Å². The Morgan fingerprint density at radius 1 is 0.730 bits per heavy atom. The first kappa shape index (κ1) is 70.9. The number of hydrogen-bond donors (Lipinski definition) is 5. The van der Waals surface area contributed by atoms with Gasteiger partial charge in [0.25, 0.3) is 0 Å². The predicted molar refractivity (Wildman–Crippen MR) is 336 cm³/mol. The molecule has 6 unspecified atom stereocenters. The van der Waals surface area contributed by atoms with E-state index in [1.807, 2.05) is 65.0 Å². The van der Waals surface area contributed by atoms with Crippen molar-refractivity contribution in [2.45, 2.75) is 176 Å². The number of amides is 10. The second kappa shape index (κ2) is 33.0. The molecule has 2 heterocycles. The largest absolute Gasteiger partial charge is 0.445 e. The number of fused-ring (bicyclic) bond motifs is 5. The molecular formula is C67H99N9O13. The second-order valence-corrected chi connectivity index (χ2v) is 25.7. The van der Waals surface area contributed by atoms with E-state index in [-0.39, 0.29) is 109 Å². The Morgan fingerprint density at radius 3 is 2.04 bits per heavy atom. The van der Waals surface area contributed by atoms with E-state index in [9.17, 15) is 47.9 Å². The van der Waals surface area contributed by atoms with Gasteiger partial charge >= 0.3 is 6.09 Å². The van der Waals surface area contributed by atoms with E-state index < -0.39 is 72.5 Å². The topological polar surface area (TPSA) is 272 Å². The summed E-state index contributed by atoms with van der Waals surface area (Å²) >= 11 is 0. The molecule has 6 rings (SSSR count). The van der Waals surface area contributed by atoms with Gasteiger partial charge in [-0.25, -0.2) is 4.79 Å². The molecule has 490 valence electrons. The molecule has 89 heavy (non-hydrogen) atoms. The monoisotopic (exact) mass is 1240 g/mol. The highest BCUT2D eigenvalue weighted by atomic mass is 16.6. The number of hydrogen-bond acceptors (Lipinski definition) is 13. The van der Waals surface area contributed by atoms with E-state index >= 15 is 0 Å². The van der Waals surface area contributed by atoms with Crippen molar-refractivity contribution in [2.24, 2.45) is 47.3 Å². The van der Waals surface area contributed by atoms with Crippen LogP contribution in [0.4, 0.5) is 10.5 Å². The van der Waals surface area contributed by atoms with E-state index in [1.165, 1.54) is 34.4 Å². The number of nitrogens with zero attached hydrogens (tertiary/aromatic N) is 4. The molecule has 2 saturated heterocycles. The van der Waals surface area contributed by atoms with Crippen LogP contribution in [-0.2, 0) is 70.4 Å². The Balaban J connectivity index is 0.908. The summed E-state index contributed by atoms with van der Waals surface area (Å²) in [6.45, 7) is 16.8. The maximum atomic E-state index is 14.3. The average molecular weight is 1240 g/mol. The molecule has 22 heteroatoms. The Labute approximate surface area is 526 Å². The second-order valence-electron chi connectivity index (χ2n) is 25.7. The van der Waals surface area contributed by atoms with Gasteiger partial charge in [0.05, 0.1) is 61.6 Å². The molecule has 2 aromatic carbocycles. The SMILES string of the molecule is CC[C@H](C)[C@@H]([C@@H](CC(=O)N1CCC[C@H]1[C@H](OC)[C@@H](C)C(=O)N[C@H](C)Cc1ccccc1)OC)N(C)C(=O)CNC(=O)C(C(C)C)N(C)C(=O)OCc1ccc(NC(=O)CNC(=O)C(NC(=O)CCCCCN2C(=O)C3C4C=C(C)C(C4)C3C2=O)C(C)C)cc1. The van der Waals surface area contributed by atoms with Crippen LogP contribution in [0.3, 0.4) is 0 Å². The Kier molecular flexibility index (Phi) is 26.3. The average Bonchev–Trinajstić information content (AvgIpc) is 1.74. The molecule has 1 saturated carbocycles. The smallest absolute Gasteiger partial charge is 0.410 e. The summed E-state index contributed by atoms with van der Waals surface area (Å²) in [5, 5.41) is 14.0. The molecule has 4 aliphatic rings. The molecular weight excluding hydrogens is 1140 g/mol. The van der Waals surface area contributed by atoms with E-state index in [1.54, 1.807) is 71.0 Å². The van der Waals surface area contributed by atoms with Crippen molar-refractivity contribution in [3.63, 3.8) is 0 Å². The first-order valence-electron chi connectivity index (χ1n) is 31.9. The van der Waals surface area contributed by atoms with Crippen LogP contribution in [0.15, 0.2) is 66.2 Å². The van der Waals surface area contributed by atoms with Gasteiger partial charge in [-0.2, -0.15) is 0 Å². The van der Waals surface area contributed by atoms with Crippen molar-refractivity contribution in [3.05, 3.63) is 77.4 Å². The zero-order valence-electron chi connectivity index (χ0n) is 54.6. The maximum Gasteiger partial charge on any atom is 0.410 e. The van der Waals surface area contributed by atoms with Gasteiger partial charge < -0.3 is 50.6 Å². The summed E-state index contributed by atoms with van der Waals surface area (Å²) in [6, 6.07) is 13.5. The summed E-state index contributed by atoms with van der Waals surface area (Å²) in [7, 11) is 6.14. The Morgan fingerprint density at radius 2 is 1.40 bits per heavy atom. The van der Waals surface area contributed by atoms with Crippen molar-refractivity contribution in [1.82, 2.24) is 40.9 Å². The van der Waals surface area contributed by atoms with Crippen molar-refractivity contribution < 1.29 is 62.2 Å². The molecule has 0 aromatic heterocycles. The molecule has 0 radical (unpaired) electrons. The van der Waals surface area contributed by atoms with Crippen LogP contribution < -0.4 is 26.6 Å². The molecule has 10 amide bonds. The number of anilines is 1. The Bertz CT molecular complexity index is 2830. The van der Waals surface area contributed by atoms with Crippen LogP contribution in [0.5, 0.6) is 0 Å². The molecule has 22 nitrogen and oxygen atoms in total. The molecule has 3 fully saturated rings. The van der Waals surface area contributed by atoms with Gasteiger partial charge in [0.1, 0.15) is 18.7 Å². The molecule has 2 aromatic rings. The van der Waals surface area contributed by atoms with Crippen LogP contribution in [0, 0.1) is 47.3 Å². The van der Waals surface area contributed by atoms with Crippen LogP contribution >= 0.6 is 0 Å². The van der Waals surface area contributed by atoms with E-state index in [0.29, 0.717) is 62.9 Å². The van der Waals surface area contributed by atoms with Crippen molar-refractivity contribution in [2.75, 3.05) is 59.8 Å². The normalized spacial score (nSPS) is 21.2. The minimum absolute atomic E-state index is 0.0353. The molecule has 13 atom stereocenters. The molecule has 2 aliphatic carbocycles. The number of carbonyl (C=O) groups is 10. The lowest BCUT2D eigenvalue weighted by Gasteiger charge is -2.39. The lowest BCUT2D eigenvalue weighted by molar-refractivity contribution is -0.146. The zero-order chi connectivity index (χ0) is 65.4. The number of unbranched alkanes of at least 4 members (excludes halogenated alkanes) is 2. The summed E-state index contributed by atoms with van der Waals surface area (Å²) in [5.74, 6) is -4.28. The lowest BCUT2D eigenvalue weighted by atomic mass is 9.82. The Hall–Kier alpha value is -7.20. The number of likely N-dealkylation sites (N-methyl/N-ethyl adjacent to an activating group) is 2. The maximum absolute atomic E-state index is 14.3. The van der Waals surface area contributed by atoms with Crippen LogP contribution in [-0.4, -0.2) is 176 Å². The summed E-state index contributed by atoms with van der Waals surface area (Å²) in [5.41, 5.74) is 3.32. The fourth-order valence-electron chi connectivity index (χ4n) is 13.6. The highest BCUT2D eigenvalue weighted by molar-refractivity contribution is 6.06.